The van der Waals surface area contributed by atoms with Crippen LogP contribution < -0.4 is 4.90 Å². The van der Waals surface area contributed by atoms with E-state index in [2.05, 4.69) is 198 Å². The van der Waals surface area contributed by atoms with E-state index in [1.54, 1.807) is 0 Å². The zero-order valence-electron chi connectivity index (χ0n) is 31.3. The second-order valence-corrected chi connectivity index (χ2v) is 14.8. The number of hydrogen-bond donors (Lipinski definition) is 0. The van der Waals surface area contributed by atoms with Crippen LogP contribution in [0.5, 0.6) is 0 Å². The lowest BCUT2D eigenvalue weighted by Crippen LogP contribution is -2.12. The molecule has 4 heteroatoms. The number of aromatic nitrogens is 1. The van der Waals surface area contributed by atoms with Crippen molar-refractivity contribution in [2.75, 3.05) is 4.90 Å². The molecule has 3 heterocycles. The zero-order chi connectivity index (χ0) is 38.2. The maximum atomic E-state index is 6.94. The predicted octanol–water partition coefficient (Wildman–Crippen LogP) is 15.4. The van der Waals surface area contributed by atoms with Gasteiger partial charge in [0.1, 0.15) is 22.3 Å². The standard InChI is InChI=1S/C54H34N2O2/c1-2-17-36(18-3-1)55(47-28-11-6-22-40(47)42-25-15-31-51-53(42)44-24-8-13-30-50(44)57-51)48-33-32-43-41-23-7-12-29-49(41)58-54(43)52(48)35-16-14-19-37(34-35)56-45-26-9-4-20-38(45)39-21-5-10-27-46(39)56/h1-34H. The number of nitrogens with zero attached hydrogens (tertiary/aromatic N) is 2. The molecular formula is C54H34N2O2. The number of anilines is 3. The molecule has 0 saturated heterocycles. The SMILES string of the molecule is c1ccc(N(c2ccccc2-c2cccc3oc4ccccc4c23)c2ccc3c(oc4ccccc43)c2-c2cccc(-n3c4ccccc4c4ccccc43)c2)cc1. The first kappa shape index (κ1) is 32.4. The van der Waals surface area contributed by atoms with Gasteiger partial charge in [-0.3, -0.25) is 0 Å². The van der Waals surface area contributed by atoms with Crippen LogP contribution in [0.1, 0.15) is 0 Å². The van der Waals surface area contributed by atoms with Crippen LogP contribution in [0.25, 0.3) is 93.6 Å². The Morgan fingerprint density at radius 2 is 0.983 bits per heavy atom. The topological polar surface area (TPSA) is 34.5 Å². The summed E-state index contributed by atoms with van der Waals surface area (Å²) in [6.07, 6.45) is 0. The Labute approximate surface area is 334 Å². The van der Waals surface area contributed by atoms with Gasteiger partial charge in [0, 0.05) is 54.8 Å². The zero-order valence-corrected chi connectivity index (χ0v) is 31.3. The molecule has 9 aromatic carbocycles. The molecule has 0 unspecified atom stereocenters. The lowest BCUT2D eigenvalue weighted by Gasteiger charge is -2.30. The number of furan rings is 2. The molecule has 0 amide bonds. The fraction of sp³-hybridized carbons (Fsp3) is 0. The van der Waals surface area contributed by atoms with Gasteiger partial charge in [-0.25, -0.2) is 0 Å². The summed E-state index contributed by atoms with van der Waals surface area (Å²) in [5.41, 5.74) is 14.2. The molecule has 4 nitrogen and oxygen atoms in total. The molecule has 0 spiro atoms. The normalized spacial score (nSPS) is 11.8. The Morgan fingerprint density at radius 3 is 1.78 bits per heavy atom. The number of benzene rings is 9. The summed E-state index contributed by atoms with van der Waals surface area (Å²) in [6, 6.07) is 73.1. The third-order valence-corrected chi connectivity index (χ3v) is 11.6. The summed E-state index contributed by atoms with van der Waals surface area (Å²) in [7, 11) is 0. The smallest absolute Gasteiger partial charge is 0.145 e. The van der Waals surface area contributed by atoms with E-state index in [-0.39, 0.29) is 0 Å². The van der Waals surface area contributed by atoms with Crippen LogP contribution in [0.2, 0.25) is 0 Å². The van der Waals surface area contributed by atoms with Crippen LogP contribution in [0, 0.1) is 0 Å². The molecule has 0 N–H and O–H groups in total. The third kappa shape index (κ3) is 4.88. The van der Waals surface area contributed by atoms with Crippen LogP contribution in [0.4, 0.5) is 17.1 Å². The van der Waals surface area contributed by atoms with E-state index < -0.39 is 0 Å². The predicted molar refractivity (Wildman–Crippen MR) is 241 cm³/mol. The maximum absolute atomic E-state index is 6.94. The minimum atomic E-state index is 0.847. The Hall–Kier alpha value is -7.82. The van der Waals surface area contributed by atoms with Crippen LogP contribution in [0.3, 0.4) is 0 Å². The lowest BCUT2D eigenvalue weighted by atomic mass is 9.95. The third-order valence-electron chi connectivity index (χ3n) is 11.6. The first-order valence-electron chi connectivity index (χ1n) is 19.7. The van der Waals surface area contributed by atoms with E-state index in [0.29, 0.717) is 0 Å². The van der Waals surface area contributed by atoms with Gasteiger partial charge in [0.25, 0.3) is 0 Å². The van der Waals surface area contributed by atoms with Crippen LogP contribution in [0.15, 0.2) is 215 Å². The second kappa shape index (κ2) is 12.9. The van der Waals surface area contributed by atoms with Gasteiger partial charge in [0.05, 0.1) is 22.4 Å². The molecule has 3 aromatic heterocycles. The van der Waals surface area contributed by atoms with Crippen molar-refractivity contribution in [1.82, 2.24) is 4.57 Å². The fourth-order valence-electron chi connectivity index (χ4n) is 9.13. The van der Waals surface area contributed by atoms with Crippen LogP contribution >= 0.6 is 0 Å². The van der Waals surface area contributed by atoms with Crippen LogP contribution in [-0.4, -0.2) is 4.57 Å². The van der Waals surface area contributed by atoms with Gasteiger partial charge in [0.2, 0.25) is 0 Å². The molecule has 0 radical (unpaired) electrons. The first-order valence-corrected chi connectivity index (χ1v) is 19.7. The van der Waals surface area contributed by atoms with Crippen molar-refractivity contribution in [3.8, 4) is 27.9 Å². The van der Waals surface area contributed by atoms with Crippen molar-refractivity contribution < 1.29 is 8.83 Å². The molecule has 272 valence electrons. The highest BCUT2D eigenvalue weighted by atomic mass is 16.3. The highest BCUT2D eigenvalue weighted by Gasteiger charge is 2.26. The molecule has 12 rings (SSSR count). The molecule has 0 aliphatic carbocycles. The molecule has 58 heavy (non-hydrogen) atoms. The maximum Gasteiger partial charge on any atom is 0.145 e. The monoisotopic (exact) mass is 742 g/mol. The van der Waals surface area contributed by atoms with Gasteiger partial charge in [-0.2, -0.15) is 0 Å². The summed E-state index contributed by atoms with van der Waals surface area (Å²) in [5.74, 6) is 0. The molecular weight excluding hydrogens is 709 g/mol. The van der Waals surface area contributed by atoms with E-state index in [1.165, 1.54) is 21.8 Å². The van der Waals surface area contributed by atoms with Crippen molar-refractivity contribution in [1.29, 1.82) is 0 Å². The van der Waals surface area contributed by atoms with Crippen molar-refractivity contribution in [2.45, 2.75) is 0 Å². The first-order chi connectivity index (χ1) is 28.8. The van der Waals surface area contributed by atoms with Gasteiger partial charge in [0.15, 0.2) is 0 Å². The fourth-order valence-corrected chi connectivity index (χ4v) is 9.13. The van der Waals surface area contributed by atoms with E-state index in [1.807, 2.05) is 18.2 Å². The molecule has 0 atom stereocenters. The largest absolute Gasteiger partial charge is 0.456 e. The van der Waals surface area contributed by atoms with E-state index >= 15 is 0 Å². The van der Waals surface area contributed by atoms with Crippen molar-refractivity contribution in [2.24, 2.45) is 0 Å². The summed E-state index contributed by atoms with van der Waals surface area (Å²) in [5, 5.41) is 6.83. The summed E-state index contributed by atoms with van der Waals surface area (Å²) < 4.78 is 15.7. The quantitative estimate of drug-likeness (QED) is 0.170. The minimum absolute atomic E-state index is 0.847. The summed E-state index contributed by atoms with van der Waals surface area (Å²) >= 11 is 0. The minimum Gasteiger partial charge on any atom is -0.456 e. The number of fused-ring (bicyclic) bond motifs is 9. The highest BCUT2D eigenvalue weighted by molar-refractivity contribution is 6.16. The van der Waals surface area contributed by atoms with Crippen LogP contribution in [-0.2, 0) is 0 Å². The van der Waals surface area contributed by atoms with Crippen molar-refractivity contribution >= 4 is 82.7 Å². The van der Waals surface area contributed by atoms with Gasteiger partial charge in [-0.15, -0.1) is 0 Å². The Morgan fingerprint density at radius 1 is 0.379 bits per heavy atom. The van der Waals surface area contributed by atoms with E-state index in [9.17, 15) is 0 Å². The molecule has 0 saturated carbocycles. The number of para-hydroxylation sites is 6. The molecule has 0 aliphatic rings. The van der Waals surface area contributed by atoms with Gasteiger partial charge >= 0.3 is 0 Å². The summed E-state index contributed by atoms with van der Waals surface area (Å²) in [6.45, 7) is 0. The van der Waals surface area contributed by atoms with Crippen molar-refractivity contribution in [3.05, 3.63) is 206 Å². The second-order valence-electron chi connectivity index (χ2n) is 14.8. The van der Waals surface area contributed by atoms with E-state index in [0.717, 1.165) is 88.9 Å². The van der Waals surface area contributed by atoms with Gasteiger partial charge in [-0.05, 0) is 83.9 Å². The number of rotatable bonds is 6. The van der Waals surface area contributed by atoms with Gasteiger partial charge < -0.3 is 18.3 Å². The Bertz CT molecular complexity index is 3480. The van der Waals surface area contributed by atoms with Gasteiger partial charge in [-0.1, -0.05) is 133 Å². The van der Waals surface area contributed by atoms with Crippen molar-refractivity contribution in [3.63, 3.8) is 0 Å². The number of hydrogen-bond acceptors (Lipinski definition) is 3. The summed E-state index contributed by atoms with van der Waals surface area (Å²) in [4.78, 5) is 2.39. The average Bonchev–Trinajstić information content (AvgIpc) is 3.97. The Balaban J connectivity index is 1.16. The highest BCUT2D eigenvalue weighted by Crippen LogP contribution is 2.50. The lowest BCUT2D eigenvalue weighted by molar-refractivity contribution is 0.669. The molecule has 0 aliphatic heterocycles. The molecule has 0 bridgehead atoms. The Kier molecular flexibility index (Phi) is 7.20. The average molecular weight is 743 g/mol. The molecule has 12 aromatic rings. The molecule has 0 fully saturated rings. The van der Waals surface area contributed by atoms with E-state index in [4.69, 9.17) is 8.83 Å².